The van der Waals surface area contributed by atoms with Crippen molar-refractivity contribution in [2.45, 2.75) is 12.8 Å². The van der Waals surface area contributed by atoms with Crippen molar-refractivity contribution in [2.75, 3.05) is 11.4 Å². The van der Waals surface area contributed by atoms with E-state index in [0.717, 1.165) is 15.9 Å². The van der Waals surface area contributed by atoms with Gasteiger partial charge in [-0.25, -0.2) is 18.9 Å². The predicted octanol–water partition coefficient (Wildman–Crippen LogP) is 2.81. The Balaban J connectivity index is 1.87. The van der Waals surface area contributed by atoms with E-state index in [0.29, 0.717) is 5.56 Å². The molecule has 0 saturated carbocycles. The molecular weight excluding hydrogens is 370 g/mol. The fourth-order valence-corrected chi connectivity index (χ4v) is 2.82. The van der Waals surface area contributed by atoms with Gasteiger partial charge in [-0.1, -0.05) is 23.7 Å². The molecule has 1 aliphatic heterocycles. The lowest BCUT2D eigenvalue weighted by molar-refractivity contribution is -0.301. The van der Waals surface area contributed by atoms with Gasteiger partial charge in [0, 0.05) is 11.6 Å². The van der Waals surface area contributed by atoms with Gasteiger partial charge in [-0.15, -0.1) is 0 Å². The average Bonchev–Trinajstić information content (AvgIpc) is 2.60. The first kappa shape index (κ1) is 18.2. The predicted molar refractivity (Wildman–Crippen MR) is 88.2 cm³/mol. The molecule has 2 aromatic carbocycles. The molecule has 1 fully saturated rings. The Labute approximate surface area is 152 Å². The van der Waals surface area contributed by atoms with Crippen LogP contribution in [-0.4, -0.2) is 34.7 Å². The van der Waals surface area contributed by atoms with E-state index < -0.39 is 36.2 Å². The lowest BCUT2D eigenvalue weighted by Crippen LogP contribution is -2.60. The molecule has 0 aromatic heterocycles. The number of benzene rings is 2. The van der Waals surface area contributed by atoms with Gasteiger partial charge in [0.15, 0.2) is 0 Å². The maximum absolute atomic E-state index is 14.1. The monoisotopic (exact) mass is 382 g/mol. The molecule has 1 saturated heterocycles. The van der Waals surface area contributed by atoms with Crippen molar-refractivity contribution in [3.63, 3.8) is 0 Å². The number of anilines is 1. The van der Waals surface area contributed by atoms with Crippen LogP contribution in [0.2, 0.25) is 5.02 Å². The highest BCUT2D eigenvalue weighted by Crippen LogP contribution is 2.27. The molecule has 3 rings (SSSR count). The molecule has 0 aliphatic carbocycles. The molecule has 1 N–H and O–H groups in total. The van der Waals surface area contributed by atoms with Crippen molar-refractivity contribution in [2.24, 2.45) is 0 Å². The molecule has 2 aromatic rings. The van der Waals surface area contributed by atoms with Gasteiger partial charge in [0.05, 0.1) is 5.69 Å². The highest BCUT2D eigenvalue weighted by atomic mass is 35.5. The molecule has 6 nitrogen and oxygen atoms in total. The topological polar surface area (TPSA) is 70.1 Å². The maximum Gasteiger partial charge on any atom is 0.281 e. The lowest BCUT2D eigenvalue weighted by Gasteiger charge is -2.38. The van der Waals surface area contributed by atoms with E-state index in [4.69, 9.17) is 16.9 Å². The lowest BCUT2D eigenvalue weighted by atomic mass is 10.1. The van der Waals surface area contributed by atoms with Crippen molar-refractivity contribution in [1.29, 1.82) is 0 Å². The summed E-state index contributed by atoms with van der Waals surface area (Å²) in [4.78, 5) is 31.1. The highest BCUT2D eigenvalue weighted by Gasteiger charge is 2.42. The van der Waals surface area contributed by atoms with E-state index >= 15 is 0 Å². The highest BCUT2D eigenvalue weighted by molar-refractivity contribution is 6.30. The van der Waals surface area contributed by atoms with Gasteiger partial charge in [0.25, 0.3) is 5.91 Å². The SMILES string of the molecule is O=C1[C@H](OO)N(Cc2ccc(F)cc2)C(=O)CN1c1ccc(Cl)cc1F. The standard InChI is InChI=1S/C17H13ClF2N2O4/c18-11-3-6-14(13(20)7-11)21-9-15(23)22(17(26-25)16(21)24)8-10-1-4-12(19)5-2-10/h1-7,17,25H,8-9H2/t17-/m0/s1. The van der Waals surface area contributed by atoms with Crippen molar-refractivity contribution < 1.29 is 28.5 Å². The van der Waals surface area contributed by atoms with Crippen molar-refractivity contribution in [3.05, 3.63) is 64.7 Å². The fraction of sp³-hybridized carbons (Fsp3) is 0.176. The van der Waals surface area contributed by atoms with Crippen LogP contribution in [0.3, 0.4) is 0 Å². The van der Waals surface area contributed by atoms with Crippen LogP contribution in [0.5, 0.6) is 0 Å². The molecule has 9 heteroatoms. The molecule has 1 heterocycles. The summed E-state index contributed by atoms with van der Waals surface area (Å²) in [6, 6.07) is 8.92. The van der Waals surface area contributed by atoms with E-state index in [1.54, 1.807) is 0 Å². The van der Waals surface area contributed by atoms with Gasteiger partial charge in [0.2, 0.25) is 12.1 Å². The largest absolute Gasteiger partial charge is 0.300 e. The number of amides is 2. The van der Waals surface area contributed by atoms with Crippen molar-refractivity contribution >= 4 is 29.1 Å². The summed E-state index contributed by atoms with van der Waals surface area (Å²) < 4.78 is 27.1. The molecule has 26 heavy (non-hydrogen) atoms. The van der Waals surface area contributed by atoms with Gasteiger partial charge in [-0.2, -0.15) is 0 Å². The Morgan fingerprint density at radius 1 is 1.15 bits per heavy atom. The van der Waals surface area contributed by atoms with Crippen molar-refractivity contribution in [3.8, 4) is 0 Å². The molecule has 0 bridgehead atoms. The summed E-state index contributed by atoms with van der Waals surface area (Å²) in [5, 5.41) is 9.27. The summed E-state index contributed by atoms with van der Waals surface area (Å²) in [7, 11) is 0. The van der Waals surface area contributed by atoms with Gasteiger partial charge in [0.1, 0.15) is 18.2 Å². The van der Waals surface area contributed by atoms with Gasteiger partial charge >= 0.3 is 0 Å². The molecular formula is C17H13ClF2N2O4. The molecule has 2 amide bonds. The number of piperazine rings is 1. The number of rotatable bonds is 4. The Hall–Kier alpha value is -2.55. The van der Waals surface area contributed by atoms with E-state index in [-0.39, 0.29) is 17.3 Å². The van der Waals surface area contributed by atoms with Crippen LogP contribution in [0.1, 0.15) is 5.56 Å². The Morgan fingerprint density at radius 3 is 2.46 bits per heavy atom. The summed E-state index contributed by atoms with van der Waals surface area (Å²) in [5.41, 5.74) is 0.372. The summed E-state index contributed by atoms with van der Waals surface area (Å²) in [5.74, 6) is -2.64. The van der Waals surface area contributed by atoms with Crippen LogP contribution in [0.25, 0.3) is 0 Å². The maximum atomic E-state index is 14.1. The molecule has 1 aliphatic rings. The van der Waals surface area contributed by atoms with Crippen molar-refractivity contribution in [1.82, 2.24) is 4.90 Å². The van der Waals surface area contributed by atoms with Crippen LogP contribution >= 0.6 is 11.6 Å². The number of nitrogens with zero attached hydrogens (tertiary/aromatic N) is 2. The van der Waals surface area contributed by atoms with Crippen LogP contribution in [0, 0.1) is 11.6 Å². The minimum atomic E-state index is -1.66. The number of hydrogen-bond acceptors (Lipinski definition) is 4. The van der Waals surface area contributed by atoms with Crippen LogP contribution in [0.4, 0.5) is 14.5 Å². The van der Waals surface area contributed by atoms with E-state index in [2.05, 4.69) is 4.89 Å². The first-order chi connectivity index (χ1) is 12.4. The Morgan fingerprint density at radius 2 is 1.85 bits per heavy atom. The van der Waals surface area contributed by atoms with Gasteiger partial charge in [-0.05, 0) is 35.9 Å². The Bertz CT molecular complexity index is 847. The second-order valence-corrected chi connectivity index (χ2v) is 6.06. The summed E-state index contributed by atoms with van der Waals surface area (Å²) >= 11 is 5.69. The minimum Gasteiger partial charge on any atom is -0.300 e. The third-order valence-corrected chi connectivity index (χ3v) is 4.18. The zero-order valence-electron chi connectivity index (χ0n) is 13.2. The molecule has 1 atom stereocenters. The first-order valence-electron chi connectivity index (χ1n) is 7.51. The molecule has 0 unspecified atom stereocenters. The molecule has 0 spiro atoms. The first-order valence-corrected chi connectivity index (χ1v) is 7.89. The zero-order chi connectivity index (χ0) is 18.8. The van der Waals surface area contributed by atoms with E-state index in [1.807, 2.05) is 0 Å². The smallest absolute Gasteiger partial charge is 0.281 e. The average molecular weight is 383 g/mol. The second kappa shape index (κ2) is 7.36. The quantitative estimate of drug-likeness (QED) is 0.652. The number of carbonyl (C=O) groups is 2. The third-order valence-electron chi connectivity index (χ3n) is 3.94. The number of carbonyl (C=O) groups excluding carboxylic acids is 2. The van der Waals surface area contributed by atoms with E-state index in [1.165, 1.54) is 36.4 Å². The summed E-state index contributed by atoms with van der Waals surface area (Å²) in [6.45, 7) is -0.536. The molecule has 136 valence electrons. The van der Waals surface area contributed by atoms with Gasteiger partial charge in [-0.3, -0.25) is 14.5 Å². The van der Waals surface area contributed by atoms with Crippen LogP contribution in [-0.2, 0) is 21.0 Å². The zero-order valence-corrected chi connectivity index (χ0v) is 14.0. The Kier molecular flexibility index (Phi) is 5.17. The number of halogens is 3. The van der Waals surface area contributed by atoms with Gasteiger partial charge < -0.3 is 4.90 Å². The van der Waals surface area contributed by atoms with Crippen LogP contribution < -0.4 is 4.90 Å². The third kappa shape index (κ3) is 3.52. The number of hydrogen-bond donors (Lipinski definition) is 1. The molecule has 0 radical (unpaired) electrons. The van der Waals surface area contributed by atoms with Crippen LogP contribution in [0.15, 0.2) is 42.5 Å². The fourth-order valence-electron chi connectivity index (χ4n) is 2.67. The summed E-state index contributed by atoms with van der Waals surface area (Å²) in [6.07, 6.45) is -1.66. The minimum absolute atomic E-state index is 0.0903. The second-order valence-electron chi connectivity index (χ2n) is 5.63. The van der Waals surface area contributed by atoms with E-state index in [9.17, 15) is 18.4 Å². The normalized spacial score (nSPS) is 17.8.